The van der Waals surface area contributed by atoms with Gasteiger partial charge in [0.1, 0.15) is 30.5 Å². The van der Waals surface area contributed by atoms with Gasteiger partial charge in [0.25, 0.3) is 0 Å². The van der Waals surface area contributed by atoms with Gasteiger partial charge in [-0.3, -0.25) is 9.35 Å². The molecule has 1 fully saturated rings. The molecule has 1 aliphatic heterocycles. The lowest BCUT2D eigenvalue weighted by atomic mass is 9.99. The lowest BCUT2D eigenvalue weighted by Crippen LogP contribution is -2.60. The lowest BCUT2D eigenvalue weighted by molar-refractivity contribution is -0.301. The number of hydrogen-bond acceptors (Lipinski definition) is 11. The van der Waals surface area contributed by atoms with Crippen LogP contribution in [0.2, 0.25) is 0 Å². The molecule has 1 rings (SSSR count). The molecule has 0 saturated carbocycles. The predicted molar refractivity (Wildman–Crippen MR) is 276 cm³/mol. The van der Waals surface area contributed by atoms with Crippen LogP contribution < -0.4 is 0 Å². The van der Waals surface area contributed by atoms with Gasteiger partial charge in [-0.1, -0.05) is 204 Å². The predicted octanol–water partition coefficient (Wildman–Crippen LogP) is 13.3. The van der Waals surface area contributed by atoms with Crippen LogP contribution in [0.5, 0.6) is 0 Å². The maximum Gasteiger partial charge on any atom is 0.397 e. The monoisotopic (exact) mass is 987 g/mol. The molecule has 0 bridgehead atoms. The molecule has 0 aromatic carbocycles. The standard InChI is InChI=1S/C55H102O12S/c1-3-5-7-9-11-13-15-17-19-20-21-22-23-24-25-26-27-28-29-31-33-35-37-39-41-43-45-63-47-49(48-64-55-53(59)54(67-68(60,61)62)52(58)50(46-56)66-55)65-51(57)44-42-40-38-36-34-32-30-18-16-14-12-10-8-6-4-2/h12,14,18,20-21,30,49-50,52-56,58-59H,3-11,13,15-17,19,22-29,31-48H2,1-2H3,(H,60,61,62)/b14-12-,21-20-,30-18-. The minimum absolute atomic E-state index is 0.0322. The van der Waals surface area contributed by atoms with Crippen LogP contribution in [0.25, 0.3) is 0 Å². The highest BCUT2D eigenvalue weighted by Gasteiger charge is 2.48. The highest BCUT2D eigenvalue weighted by molar-refractivity contribution is 7.80. The van der Waals surface area contributed by atoms with Crippen LogP contribution in [0.3, 0.4) is 0 Å². The zero-order valence-corrected chi connectivity index (χ0v) is 44.0. The molecule has 0 aromatic heterocycles. The molecule has 400 valence electrons. The van der Waals surface area contributed by atoms with E-state index < -0.39 is 59.8 Å². The van der Waals surface area contributed by atoms with Crippen molar-refractivity contribution in [2.24, 2.45) is 0 Å². The van der Waals surface area contributed by atoms with Gasteiger partial charge < -0.3 is 34.3 Å². The molecule has 1 saturated heterocycles. The Hall–Kier alpha value is -1.68. The average Bonchev–Trinajstić information content (AvgIpc) is 3.31. The first-order valence-electron chi connectivity index (χ1n) is 27.7. The quantitative estimate of drug-likeness (QED) is 0.0197. The van der Waals surface area contributed by atoms with Crippen molar-refractivity contribution >= 4 is 16.4 Å². The van der Waals surface area contributed by atoms with Gasteiger partial charge in [0, 0.05) is 13.0 Å². The smallest absolute Gasteiger partial charge is 0.397 e. The van der Waals surface area contributed by atoms with E-state index in [0.717, 1.165) is 64.2 Å². The molecule has 4 N–H and O–H groups in total. The van der Waals surface area contributed by atoms with E-state index in [0.29, 0.717) is 13.0 Å². The third kappa shape index (κ3) is 39.0. The summed E-state index contributed by atoms with van der Waals surface area (Å²) in [6.07, 6.45) is 47.6. The van der Waals surface area contributed by atoms with E-state index in [-0.39, 0.29) is 19.6 Å². The molecule has 68 heavy (non-hydrogen) atoms. The zero-order chi connectivity index (χ0) is 49.6. The van der Waals surface area contributed by atoms with Gasteiger partial charge in [0.2, 0.25) is 0 Å². The van der Waals surface area contributed by atoms with Crippen molar-refractivity contribution in [1.82, 2.24) is 0 Å². The van der Waals surface area contributed by atoms with E-state index in [4.69, 9.17) is 18.9 Å². The van der Waals surface area contributed by atoms with Crippen LogP contribution >= 0.6 is 0 Å². The van der Waals surface area contributed by atoms with E-state index in [1.165, 1.54) is 154 Å². The Kier molecular flexibility index (Phi) is 43.9. The van der Waals surface area contributed by atoms with Crippen molar-refractivity contribution in [1.29, 1.82) is 0 Å². The van der Waals surface area contributed by atoms with Gasteiger partial charge in [-0.05, 0) is 70.6 Å². The SMILES string of the molecule is CCCCC/C=C\C/C=C\CCCCCCCC(=O)OC(COCCCCCCCCCCCCCCCC/C=C\CCCCCCCCCC)COC1OC(CO)C(O)C(OS(=O)(=O)O)C1O. The fourth-order valence-electron chi connectivity index (χ4n) is 8.52. The maximum atomic E-state index is 12.9. The summed E-state index contributed by atoms with van der Waals surface area (Å²) < 4.78 is 59.3. The van der Waals surface area contributed by atoms with Crippen LogP contribution in [0.15, 0.2) is 36.5 Å². The van der Waals surface area contributed by atoms with E-state index in [1.54, 1.807) is 0 Å². The summed E-state index contributed by atoms with van der Waals surface area (Å²) in [4.78, 5) is 12.9. The molecule has 0 aromatic rings. The van der Waals surface area contributed by atoms with Crippen molar-refractivity contribution < 1.29 is 56.2 Å². The highest BCUT2D eigenvalue weighted by Crippen LogP contribution is 2.26. The molecule has 0 spiro atoms. The van der Waals surface area contributed by atoms with Crippen molar-refractivity contribution in [2.75, 3.05) is 26.4 Å². The number of esters is 1. The van der Waals surface area contributed by atoms with Gasteiger partial charge in [-0.2, -0.15) is 8.42 Å². The van der Waals surface area contributed by atoms with E-state index >= 15 is 0 Å². The average molecular weight is 987 g/mol. The summed E-state index contributed by atoms with van der Waals surface area (Å²) in [7, 11) is -5.07. The number of allylic oxidation sites excluding steroid dienone is 6. The third-order valence-corrected chi connectivity index (χ3v) is 13.2. The Labute approximate surface area is 415 Å². The van der Waals surface area contributed by atoms with E-state index in [2.05, 4.69) is 54.5 Å². The Morgan fingerprint density at radius 2 is 0.971 bits per heavy atom. The first-order valence-corrected chi connectivity index (χ1v) is 29.1. The third-order valence-electron chi connectivity index (χ3n) is 12.7. The van der Waals surface area contributed by atoms with Crippen LogP contribution in [0.4, 0.5) is 0 Å². The summed E-state index contributed by atoms with van der Waals surface area (Å²) in [6, 6.07) is 0. The summed E-state index contributed by atoms with van der Waals surface area (Å²) in [5.74, 6) is -0.410. The van der Waals surface area contributed by atoms with Crippen LogP contribution in [0, 0.1) is 0 Å². The number of unbranched alkanes of at least 4 members (excludes halogenated alkanes) is 30. The molecule has 1 aliphatic rings. The fraction of sp³-hybridized carbons (Fsp3) is 0.873. The number of ether oxygens (including phenoxy) is 4. The van der Waals surface area contributed by atoms with Crippen molar-refractivity contribution in [3.63, 3.8) is 0 Å². The number of carbonyl (C=O) groups is 1. The van der Waals surface area contributed by atoms with Crippen molar-refractivity contribution in [3.8, 4) is 0 Å². The van der Waals surface area contributed by atoms with Crippen molar-refractivity contribution in [3.05, 3.63) is 36.5 Å². The van der Waals surface area contributed by atoms with Gasteiger partial charge >= 0.3 is 16.4 Å². The number of hydrogen-bond donors (Lipinski definition) is 4. The molecule has 0 amide bonds. The van der Waals surface area contributed by atoms with Gasteiger partial charge in [0.15, 0.2) is 6.29 Å². The molecular weight excluding hydrogens is 885 g/mol. The number of aliphatic hydroxyl groups excluding tert-OH is 3. The largest absolute Gasteiger partial charge is 0.457 e. The Morgan fingerprint density at radius 1 is 0.559 bits per heavy atom. The molecule has 13 heteroatoms. The first-order chi connectivity index (χ1) is 33.1. The van der Waals surface area contributed by atoms with Crippen LogP contribution in [0.1, 0.15) is 245 Å². The molecule has 0 aliphatic carbocycles. The highest BCUT2D eigenvalue weighted by atomic mass is 32.3. The molecular formula is C55H102O12S. The summed E-state index contributed by atoms with van der Waals surface area (Å²) in [6.45, 7) is 3.98. The molecule has 6 unspecified atom stereocenters. The molecule has 1 heterocycles. The summed E-state index contributed by atoms with van der Waals surface area (Å²) in [5, 5.41) is 30.8. The number of rotatable bonds is 49. The van der Waals surface area contributed by atoms with Crippen LogP contribution in [-0.4, -0.2) is 97.5 Å². The van der Waals surface area contributed by atoms with Gasteiger partial charge in [-0.15, -0.1) is 0 Å². The molecule has 12 nitrogen and oxygen atoms in total. The van der Waals surface area contributed by atoms with Gasteiger partial charge in [-0.25, -0.2) is 4.18 Å². The van der Waals surface area contributed by atoms with Gasteiger partial charge in [0.05, 0.1) is 19.8 Å². The minimum atomic E-state index is -5.07. The maximum absolute atomic E-state index is 12.9. The lowest BCUT2D eigenvalue weighted by Gasteiger charge is -2.41. The second kappa shape index (κ2) is 46.4. The fourth-order valence-corrected chi connectivity index (χ4v) is 9.03. The summed E-state index contributed by atoms with van der Waals surface area (Å²) >= 11 is 0. The Balaban J connectivity index is 2.28. The normalized spacial score (nSPS) is 19.5. The molecule has 0 radical (unpaired) electrons. The topological polar surface area (TPSA) is 178 Å². The molecule has 6 atom stereocenters. The number of carbonyl (C=O) groups excluding carboxylic acids is 1. The van der Waals surface area contributed by atoms with Crippen LogP contribution in [-0.2, 0) is 38.3 Å². The zero-order valence-electron chi connectivity index (χ0n) is 43.2. The number of aliphatic hydroxyl groups is 3. The van der Waals surface area contributed by atoms with Crippen molar-refractivity contribution in [2.45, 2.75) is 282 Å². The van der Waals surface area contributed by atoms with E-state index in [1.807, 2.05) is 0 Å². The Morgan fingerprint density at radius 3 is 1.44 bits per heavy atom. The second-order valence-corrected chi connectivity index (χ2v) is 20.2. The summed E-state index contributed by atoms with van der Waals surface area (Å²) in [5.41, 5.74) is 0. The minimum Gasteiger partial charge on any atom is -0.457 e. The second-order valence-electron chi connectivity index (χ2n) is 19.2. The first kappa shape index (κ1) is 64.3. The van der Waals surface area contributed by atoms with E-state index in [9.17, 15) is 33.1 Å². The Bertz CT molecular complexity index is 1320.